The highest BCUT2D eigenvalue weighted by Crippen LogP contribution is 2.73. The number of rotatable bonds is 6. The molecule has 2 bridgehead atoms. The Balaban J connectivity index is 2.29. The van der Waals surface area contributed by atoms with Crippen molar-refractivity contribution in [2.75, 3.05) is 0 Å². The maximum absolute atomic E-state index is 14.1. The van der Waals surface area contributed by atoms with Gasteiger partial charge in [0, 0.05) is 5.92 Å². The first kappa shape index (κ1) is 23.9. The third-order valence-corrected chi connectivity index (χ3v) is 8.65. The van der Waals surface area contributed by atoms with E-state index in [0.717, 1.165) is 5.57 Å². The van der Waals surface area contributed by atoms with Crippen LogP contribution in [0.4, 0.5) is 0 Å². The number of hydrogen-bond acceptors (Lipinski definition) is 5. The number of hydrogen-bond donors (Lipinski definition) is 2. The summed E-state index contributed by atoms with van der Waals surface area (Å²) in [7, 11) is 0. The second kappa shape index (κ2) is 7.13. The van der Waals surface area contributed by atoms with E-state index in [1.165, 1.54) is 0 Å². The van der Waals surface area contributed by atoms with Gasteiger partial charge in [0.1, 0.15) is 11.3 Å². The minimum absolute atomic E-state index is 0.161. The number of carbonyl (C=O) groups excluding carboxylic acids is 3. The van der Waals surface area contributed by atoms with Gasteiger partial charge in [-0.3, -0.25) is 14.4 Å². The number of ketones is 3. The molecule has 0 aromatic heterocycles. The van der Waals surface area contributed by atoms with E-state index in [1.807, 2.05) is 40.7 Å². The summed E-state index contributed by atoms with van der Waals surface area (Å²) in [5.41, 5.74) is -3.32. The van der Waals surface area contributed by atoms with Gasteiger partial charge in [0.05, 0.1) is 16.4 Å². The van der Waals surface area contributed by atoms with Crippen LogP contribution in [0.25, 0.3) is 0 Å². The van der Waals surface area contributed by atoms with E-state index < -0.39 is 33.5 Å². The van der Waals surface area contributed by atoms with E-state index in [0.29, 0.717) is 12.8 Å². The normalized spacial score (nSPS) is 35.3. The Hall–Kier alpha value is -1.75. The van der Waals surface area contributed by atoms with Crippen molar-refractivity contribution in [1.82, 2.24) is 0 Å². The molecule has 172 valence electrons. The number of fused-ring (bicyclic) bond motifs is 1. The monoisotopic (exact) mass is 430 g/mol. The van der Waals surface area contributed by atoms with Gasteiger partial charge in [0.2, 0.25) is 0 Å². The third kappa shape index (κ3) is 3.02. The molecule has 3 aliphatic rings. The summed E-state index contributed by atoms with van der Waals surface area (Å²) < 4.78 is 0. The average molecular weight is 431 g/mol. The first-order valence-corrected chi connectivity index (χ1v) is 11.5. The molecule has 0 heterocycles. The summed E-state index contributed by atoms with van der Waals surface area (Å²) in [6.07, 6.45) is 3.29. The fraction of sp³-hybridized carbons (Fsp3) is 0.731. The van der Waals surface area contributed by atoms with Crippen LogP contribution in [0.3, 0.4) is 0 Å². The van der Waals surface area contributed by atoms with Crippen LogP contribution in [-0.4, -0.2) is 33.2 Å². The van der Waals surface area contributed by atoms with E-state index in [4.69, 9.17) is 0 Å². The smallest absolute Gasteiger partial charge is 0.183 e. The molecule has 2 unspecified atom stereocenters. The highest BCUT2D eigenvalue weighted by Gasteiger charge is 2.78. The van der Waals surface area contributed by atoms with Crippen molar-refractivity contribution in [3.05, 3.63) is 23.0 Å². The first-order valence-electron chi connectivity index (χ1n) is 11.5. The molecule has 0 aromatic rings. The lowest BCUT2D eigenvalue weighted by Gasteiger charge is -2.41. The van der Waals surface area contributed by atoms with Crippen LogP contribution in [0.1, 0.15) is 81.1 Å². The minimum Gasteiger partial charge on any atom is -0.510 e. The Labute approximate surface area is 186 Å². The van der Waals surface area contributed by atoms with Crippen LogP contribution in [0.5, 0.6) is 0 Å². The summed E-state index contributed by atoms with van der Waals surface area (Å²) in [6.45, 7) is 15.0. The van der Waals surface area contributed by atoms with Gasteiger partial charge < -0.3 is 10.2 Å². The van der Waals surface area contributed by atoms with Crippen LogP contribution < -0.4 is 0 Å². The zero-order valence-corrected chi connectivity index (χ0v) is 20.3. The molecule has 1 spiro atoms. The van der Waals surface area contributed by atoms with Gasteiger partial charge >= 0.3 is 0 Å². The topological polar surface area (TPSA) is 91.7 Å². The molecule has 0 aromatic carbocycles. The molecule has 5 nitrogen and oxygen atoms in total. The van der Waals surface area contributed by atoms with Gasteiger partial charge in [-0.05, 0) is 70.6 Å². The fourth-order valence-electron chi connectivity index (χ4n) is 6.76. The SMILES string of the molecule is CCC(C)C(=O)C1=C(O)C2(CC=C(C)C)C[C@H]3C(C)(C)[C@H](C(C)(C)O)C[C@@]3(C1=O)C2=O. The van der Waals surface area contributed by atoms with Gasteiger partial charge in [-0.15, -0.1) is 0 Å². The summed E-state index contributed by atoms with van der Waals surface area (Å²) in [6, 6.07) is 0. The lowest BCUT2D eigenvalue weighted by Crippen LogP contribution is -2.50. The second-order valence-electron chi connectivity index (χ2n) is 11.6. The number of Topliss-reactive ketones (excluding diaryl/α,β-unsaturated/α-hetero) is 3. The maximum Gasteiger partial charge on any atom is 0.183 e. The van der Waals surface area contributed by atoms with Crippen molar-refractivity contribution < 1.29 is 24.6 Å². The lowest BCUT2D eigenvalue weighted by molar-refractivity contribution is -0.145. The van der Waals surface area contributed by atoms with Crippen molar-refractivity contribution in [1.29, 1.82) is 0 Å². The van der Waals surface area contributed by atoms with E-state index in [2.05, 4.69) is 0 Å². The quantitative estimate of drug-likeness (QED) is 0.361. The zero-order chi connectivity index (χ0) is 23.7. The summed E-state index contributed by atoms with van der Waals surface area (Å²) >= 11 is 0. The third-order valence-electron chi connectivity index (χ3n) is 8.65. The average Bonchev–Trinajstić information content (AvgIpc) is 3.03. The molecule has 2 fully saturated rings. The maximum atomic E-state index is 14.1. The molecular weight excluding hydrogens is 392 g/mol. The van der Waals surface area contributed by atoms with Gasteiger partial charge in [-0.25, -0.2) is 0 Å². The van der Waals surface area contributed by atoms with Crippen molar-refractivity contribution in [3.63, 3.8) is 0 Å². The number of allylic oxidation sites excluding steroid dienone is 4. The van der Waals surface area contributed by atoms with Crippen molar-refractivity contribution >= 4 is 17.3 Å². The highest BCUT2D eigenvalue weighted by molar-refractivity contribution is 6.32. The number of aliphatic hydroxyl groups is 2. The van der Waals surface area contributed by atoms with Gasteiger partial charge in [0.15, 0.2) is 17.3 Å². The molecule has 5 heteroatoms. The second-order valence-corrected chi connectivity index (χ2v) is 11.6. The largest absolute Gasteiger partial charge is 0.510 e. The Morgan fingerprint density at radius 1 is 1.23 bits per heavy atom. The van der Waals surface area contributed by atoms with Crippen LogP contribution in [-0.2, 0) is 14.4 Å². The molecule has 0 radical (unpaired) electrons. The van der Waals surface area contributed by atoms with Gasteiger partial charge in [0.25, 0.3) is 0 Å². The Morgan fingerprint density at radius 2 is 1.81 bits per heavy atom. The predicted octanol–water partition coefficient (Wildman–Crippen LogP) is 4.73. The van der Waals surface area contributed by atoms with E-state index >= 15 is 0 Å². The molecule has 5 atom stereocenters. The summed E-state index contributed by atoms with van der Waals surface area (Å²) in [4.78, 5) is 41.3. The molecule has 2 saturated carbocycles. The number of carbonyl (C=O) groups is 3. The molecular formula is C26H38O5. The fourth-order valence-corrected chi connectivity index (χ4v) is 6.76. The van der Waals surface area contributed by atoms with Crippen LogP contribution in [0.15, 0.2) is 23.0 Å². The van der Waals surface area contributed by atoms with E-state index in [9.17, 15) is 24.6 Å². The van der Waals surface area contributed by atoms with Crippen molar-refractivity contribution in [2.45, 2.75) is 86.7 Å². The molecule has 2 N–H and O–H groups in total. The summed E-state index contributed by atoms with van der Waals surface area (Å²) in [5, 5.41) is 22.3. The molecule has 31 heavy (non-hydrogen) atoms. The Morgan fingerprint density at radius 3 is 2.29 bits per heavy atom. The molecule has 0 aliphatic heterocycles. The Kier molecular flexibility index (Phi) is 5.50. The van der Waals surface area contributed by atoms with Crippen LogP contribution in [0, 0.1) is 34.0 Å². The van der Waals surface area contributed by atoms with Crippen molar-refractivity contribution in [2.24, 2.45) is 34.0 Å². The Bertz CT molecular complexity index is 895. The summed E-state index contributed by atoms with van der Waals surface area (Å²) in [5.74, 6) is -2.50. The first-order chi connectivity index (χ1) is 14.1. The van der Waals surface area contributed by atoms with Crippen LogP contribution in [0.2, 0.25) is 0 Å². The zero-order valence-electron chi connectivity index (χ0n) is 20.3. The molecule has 3 aliphatic carbocycles. The van der Waals surface area contributed by atoms with Gasteiger partial charge in [-0.1, -0.05) is 39.3 Å². The standard InChI is InChI=1S/C26H38O5/c1-9-15(4)19(27)18-20(28)25(11-10-14(2)3)12-17-23(5,6)16(24(7,8)31)13-26(17,21(18)29)22(25)30/h10,15-17,28,31H,9,11-13H2,1-8H3/t15?,16-,17+,25?,26-/m1/s1. The lowest BCUT2D eigenvalue weighted by atomic mass is 9.62. The van der Waals surface area contributed by atoms with E-state index in [-0.39, 0.29) is 47.6 Å². The van der Waals surface area contributed by atoms with E-state index in [1.54, 1.807) is 20.8 Å². The predicted molar refractivity (Wildman–Crippen MR) is 119 cm³/mol. The minimum atomic E-state index is -1.35. The van der Waals surface area contributed by atoms with Gasteiger partial charge in [-0.2, -0.15) is 0 Å². The number of aliphatic hydroxyl groups excluding tert-OH is 1. The van der Waals surface area contributed by atoms with Crippen molar-refractivity contribution in [3.8, 4) is 0 Å². The molecule has 0 amide bonds. The molecule has 3 rings (SSSR count). The molecule has 0 saturated heterocycles. The van der Waals surface area contributed by atoms with Crippen LogP contribution >= 0.6 is 0 Å². The highest BCUT2D eigenvalue weighted by atomic mass is 16.3.